The predicted molar refractivity (Wildman–Crippen MR) is 109 cm³/mol. The van der Waals surface area contributed by atoms with Crippen molar-refractivity contribution in [1.82, 2.24) is 20.1 Å². The molecule has 1 aromatic carbocycles. The third kappa shape index (κ3) is 3.29. The first-order valence-corrected chi connectivity index (χ1v) is 9.76. The Kier molecular flexibility index (Phi) is 4.68. The van der Waals surface area contributed by atoms with Gasteiger partial charge in [0, 0.05) is 7.05 Å². The summed E-state index contributed by atoms with van der Waals surface area (Å²) in [5.74, 6) is -0.511. The summed E-state index contributed by atoms with van der Waals surface area (Å²) in [6.07, 6.45) is 0. The maximum absolute atomic E-state index is 13.2. The average molecular weight is 394 g/mol. The van der Waals surface area contributed by atoms with Crippen molar-refractivity contribution in [2.75, 3.05) is 0 Å². The molecule has 0 radical (unpaired) electrons. The summed E-state index contributed by atoms with van der Waals surface area (Å²) in [7, 11) is 1.82. The number of rotatable bonds is 4. The molecule has 0 saturated carbocycles. The smallest absolute Gasteiger partial charge is 0.252 e. The van der Waals surface area contributed by atoms with Crippen molar-refractivity contribution in [3.05, 3.63) is 70.5 Å². The average Bonchev–Trinajstić information content (AvgIpc) is 3.30. The zero-order chi connectivity index (χ0) is 19.8. The highest BCUT2D eigenvalue weighted by Gasteiger charge is 2.21. The van der Waals surface area contributed by atoms with Crippen LogP contribution >= 0.6 is 11.3 Å². The van der Waals surface area contributed by atoms with E-state index in [1.54, 1.807) is 28.2 Å². The highest BCUT2D eigenvalue weighted by atomic mass is 32.1. The summed E-state index contributed by atoms with van der Waals surface area (Å²) in [6, 6.07) is 11.6. The molecule has 0 aliphatic heterocycles. The van der Waals surface area contributed by atoms with Crippen LogP contribution in [-0.4, -0.2) is 20.7 Å². The van der Waals surface area contributed by atoms with Crippen LogP contribution in [0.3, 0.4) is 0 Å². The lowest BCUT2D eigenvalue weighted by molar-refractivity contribution is 0.0941. The van der Waals surface area contributed by atoms with Gasteiger partial charge in [0.25, 0.3) is 5.91 Å². The molecule has 0 bridgehead atoms. The highest BCUT2D eigenvalue weighted by Crippen LogP contribution is 2.29. The van der Waals surface area contributed by atoms with Gasteiger partial charge in [-0.2, -0.15) is 5.10 Å². The van der Waals surface area contributed by atoms with Gasteiger partial charge >= 0.3 is 0 Å². The minimum absolute atomic E-state index is 0.210. The van der Waals surface area contributed by atoms with Crippen LogP contribution in [0.2, 0.25) is 0 Å². The monoisotopic (exact) mass is 394 g/mol. The number of nitrogens with zero attached hydrogens (tertiary/aromatic N) is 3. The number of fused-ring (bicyclic) bond motifs is 1. The van der Waals surface area contributed by atoms with E-state index in [1.807, 2.05) is 44.5 Å². The molecule has 1 atom stereocenters. The molecule has 7 heteroatoms. The molecule has 0 saturated heterocycles. The Morgan fingerprint density at radius 2 is 2.00 bits per heavy atom. The number of aromatic nitrogens is 3. The maximum Gasteiger partial charge on any atom is 0.252 e. The second-order valence-electron chi connectivity index (χ2n) is 6.69. The van der Waals surface area contributed by atoms with Crippen LogP contribution < -0.4 is 5.32 Å². The first kappa shape index (κ1) is 18.3. The molecule has 0 aliphatic carbocycles. The van der Waals surface area contributed by atoms with Gasteiger partial charge in [-0.15, -0.1) is 11.3 Å². The fraction of sp³-hybridized carbons (Fsp3) is 0.190. The third-order valence-electron chi connectivity index (χ3n) is 4.70. The number of halogens is 1. The van der Waals surface area contributed by atoms with E-state index >= 15 is 0 Å². The van der Waals surface area contributed by atoms with Crippen LogP contribution in [0.15, 0.2) is 47.8 Å². The number of hydrogen-bond acceptors (Lipinski definition) is 4. The molecule has 3 heterocycles. The maximum atomic E-state index is 13.2. The van der Waals surface area contributed by atoms with E-state index in [0.717, 1.165) is 27.2 Å². The molecule has 0 aliphatic rings. The number of carbonyl (C=O) groups excluding carboxylic acids is 1. The highest BCUT2D eigenvalue weighted by molar-refractivity contribution is 7.13. The fourth-order valence-electron chi connectivity index (χ4n) is 3.28. The van der Waals surface area contributed by atoms with Crippen LogP contribution in [0.1, 0.15) is 34.6 Å². The van der Waals surface area contributed by atoms with Gasteiger partial charge in [-0.3, -0.25) is 9.48 Å². The molecule has 0 spiro atoms. The largest absolute Gasteiger partial charge is 0.345 e. The summed E-state index contributed by atoms with van der Waals surface area (Å²) in [6.45, 7) is 3.74. The zero-order valence-electron chi connectivity index (χ0n) is 15.7. The quantitative estimate of drug-likeness (QED) is 0.549. The number of pyridine rings is 1. The van der Waals surface area contributed by atoms with E-state index in [2.05, 4.69) is 10.4 Å². The lowest BCUT2D eigenvalue weighted by Gasteiger charge is -2.15. The van der Waals surface area contributed by atoms with Crippen LogP contribution in [0.25, 0.3) is 21.6 Å². The van der Waals surface area contributed by atoms with Crippen LogP contribution in [0.5, 0.6) is 0 Å². The first-order chi connectivity index (χ1) is 13.4. The Labute approximate surface area is 165 Å². The van der Waals surface area contributed by atoms with Crippen molar-refractivity contribution < 1.29 is 9.18 Å². The summed E-state index contributed by atoms with van der Waals surface area (Å²) in [4.78, 5) is 18.9. The SMILES string of the molecule is Cc1nn(C)c2nc(-c3cccs3)cc(C(=O)NC(C)c3ccc(F)cc3)c12. The number of amides is 1. The Balaban J connectivity index is 1.76. The summed E-state index contributed by atoms with van der Waals surface area (Å²) >= 11 is 1.57. The number of nitrogens with one attached hydrogen (secondary N) is 1. The Bertz CT molecular complexity index is 1150. The Morgan fingerprint density at radius 3 is 2.68 bits per heavy atom. The molecule has 5 nitrogen and oxygen atoms in total. The number of carbonyl (C=O) groups is 1. The van der Waals surface area contributed by atoms with Gasteiger partial charge in [-0.25, -0.2) is 9.37 Å². The molecule has 1 unspecified atom stereocenters. The number of hydrogen-bond donors (Lipinski definition) is 1. The molecule has 1 amide bonds. The lowest BCUT2D eigenvalue weighted by atomic mass is 10.1. The lowest BCUT2D eigenvalue weighted by Crippen LogP contribution is -2.27. The first-order valence-electron chi connectivity index (χ1n) is 8.88. The molecule has 142 valence electrons. The topological polar surface area (TPSA) is 59.8 Å². The van der Waals surface area contributed by atoms with Crippen molar-refractivity contribution in [1.29, 1.82) is 0 Å². The van der Waals surface area contributed by atoms with Crippen molar-refractivity contribution >= 4 is 28.3 Å². The van der Waals surface area contributed by atoms with E-state index < -0.39 is 0 Å². The molecule has 3 aromatic heterocycles. The van der Waals surface area contributed by atoms with Crippen LogP contribution in [-0.2, 0) is 7.05 Å². The normalized spacial score (nSPS) is 12.3. The fourth-order valence-corrected chi connectivity index (χ4v) is 3.97. The second kappa shape index (κ2) is 7.16. The number of aryl methyl sites for hydroxylation is 2. The Hall–Kier alpha value is -3.06. The van der Waals surface area contributed by atoms with Crippen molar-refractivity contribution in [2.45, 2.75) is 19.9 Å². The van der Waals surface area contributed by atoms with E-state index in [0.29, 0.717) is 11.2 Å². The molecule has 4 aromatic rings. The number of thiophene rings is 1. The van der Waals surface area contributed by atoms with Gasteiger partial charge in [-0.1, -0.05) is 18.2 Å². The van der Waals surface area contributed by atoms with E-state index in [-0.39, 0.29) is 17.8 Å². The molecule has 0 fully saturated rings. The van der Waals surface area contributed by atoms with Crippen LogP contribution in [0.4, 0.5) is 4.39 Å². The summed E-state index contributed by atoms with van der Waals surface area (Å²) in [5.41, 5.74) is 3.53. The van der Waals surface area contributed by atoms with E-state index in [4.69, 9.17) is 4.98 Å². The molecular weight excluding hydrogens is 375 g/mol. The minimum atomic E-state index is -0.301. The summed E-state index contributed by atoms with van der Waals surface area (Å²) < 4.78 is 14.9. The standard InChI is InChI=1S/C21H19FN4OS/c1-12(14-6-8-15(22)9-7-14)23-21(27)16-11-17(18-5-4-10-28-18)24-20-19(16)13(2)25-26(20)3/h4-12H,1-3H3,(H,23,27). The molecule has 1 N–H and O–H groups in total. The minimum Gasteiger partial charge on any atom is -0.345 e. The van der Waals surface area contributed by atoms with Gasteiger partial charge in [0.05, 0.1) is 33.3 Å². The Morgan fingerprint density at radius 1 is 1.25 bits per heavy atom. The van der Waals surface area contributed by atoms with Gasteiger partial charge in [-0.05, 0) is 49.1 Å². The number of benzene rings is 1. The van der Waals surface area contributed by atoms with Crippen molar-refractivity contribution in [2.24, 2.45) is 7.05 Å². The van der Waals surface area contributed by atoms with Gasteiger partial charge in [0.1, 0.15) is 5.82 Å². The van der Waals surface area contributed by atoms with Gasteiger partial charge in [0.15, 0.2) is 5.65 Å². The molecule has 4 rings (SSSR count). The van der Waals surface area contributed by atoms with E-state index in [1.165, 1.54) is 12.1 Å². The molecular formula is C21H19FN4OS. The third-order valence-corrected chi connectivity index (χ3v) is 5.60. The van der Waals surface area contributed by atoms with Gasteiger partial charge < -0.3 is 5.32 Å². The van der Waals surface area contributed by atoms with Gasteiger partial charge in [0.2, 0.25) is 0 Å². The predicted octanol–water partition coefficient (Wildman–Crippen LogP) is 4.64. The zero-order valence-corrected chi connectivity index (χ0v) is 16.5. The van der Waals surface area contributed by atoms with E-state index in [9.17, 15) is 9.18 Å². The summed E-state index contributed by atoms with van der Waals surface area (Å²) in [5, 5.41) is 10.2. The van der Waals surface area contributed by atoms with Crippen molar-refractivity contribution in [3.63, 3.8) is 0 Å². The van der Waals surface area contributed by atoms with Crippen LogP contribution in [0, 0.1) is 12.7 Å². The molecule has 28 heavy (non-hydrogen) atoms. The second-order valence-corrected chi connectivity index (χ2v) is 7.63. The van der Waals surface area contributed by atoms with Crippen molar-refractivity contribution in [3.8, 4) is 10.6 Å².